The van der Waals surface area contributed by atoms with Gasteiger partial charge >= 0.3 is 17.9 Å². The average molecular weight is 422 g/mol. The van der Waals surface area contributed by atoms with Gasteiger partial charge in [-0.2, -0.15) is 0 Å². The van der Waals surface area contributed by atoms with Crippen LogP contribution in [-0.4, -0.2) is 41.9 Å². The third kappa shape index (κ3) is 4.93. The van der Waals surface area contributed by atoms with Gasteiger partial charge in [0.1, 0.15) is 10.5 Å². The monoisotopic (exact) mass is 422 g/mol. The number of ether oxygens (including phenoxy) is 3. The summed E-state index contributed by atoms with van der Waals surface area (Å²) in [6.07, 6.45) is 1.47. The fourth-order valence-electron chi connectivity index (χ4n) is 2.91. The first-order valence-electron chi connectivity index (χ1n) is 9.06. The number of hydrogen-bond donors (Lipinski definition) is 0. The topological polar surface area (TPSA) is 96.0 Å². The third-order valence-corrected chi connectivity index (χ3v) is 5.90. The predicted molar refractivity (Wildman–Crippen MR) is 106 cm³/mol. The van der Waals surface area contributed by atoms with Gasteiger partial charge in [0, 0.05) is 10.8 Å². The van der Waals surface area contributed by atoms with Crippen molar-refractivity contribution >= 4 is 28.7 Å². The van der Waals surface area contributed by atoms with Gasteiger partial charge in [-0.1, -0.05) is 23.8 Å². The number of hydrogen-bond acceptors (Lipinski definition) is 7. The maximum Gasteiger partial charge on any atom is 0.347 e. The molecule has 1 saturated carbocycles. The van der Waals surface area contributed by atoms with Crippen LogP contribution in [0.4, 0.5) is 0 Å². The quantitative estimate of drug-likeness (QED) is 0.301. The number of methoxy groups -OCH3 is 2. The number of aryl methyl sites for hydroxylation is 1. The highest BCUT2D eigenvalue weighted by atomic mass is 32.2. The van der Waals surface area contributed by atoms with Crippen molar-refractivity contribution in [1.82, 2.24) is 0 Å². The second-order valence-electron chi connectivity index (χ2n) is 7.88. The Balaban J connectivity index is 2.46. The summed E-state index contributed by atoms with van der Waals surface area (Å²) in [7, 11) is 0.488. The van der Waals surface area contributed by atoms with E-state index in [0.29, 0.717) is 4.90 Å². The van der Waals surface area contributed by atoms with Crippen molar-refractivity contribution in [2.45, 2.75) is 44.6 Å². The van der Waals surface area contributed by atoms with Crippen LogP contribution in [0.1, 0.15) is 32.8 Å². The summed E-state index contributed by atoms with van der Waals surface area (Å²) in [5.41, 5.74) is -1.36. The summed E-state index contributed by atoms with van der Waals surface area (Å²) in [5, 5.41) is 0. The lowest BCUT2D eigenvalue weighted by Gasteiger charge is -2.20. The molecule has 1 aromatic carbocycles. The van der Waals surface area contributed by atoms with Crippen molar-refractivity contribution in [1.29, 1.82) is 0 Å². The van der Waals surface area contributed by atoms with Crippen LogP contribution in [0, 0.1) is 18.3 Å². The molecule has 7 nitrogen and oxygen atoms in total. The fourth-order valence-corrected chi connectivity index (χ4v) is 4.03. The van der Waals surface area contributed by atoms with Gasteiger partial charge in [-0.15, -0.1) is 0 Å². The van der Waals surface area contributed by atoms with Gasteiger partial charge in [0.2, 0.25) is 0 Å². The molecule has 0 N–H and O–H groups in total. The summed E-state index contributed by atoms with van der Waals surface area (Å²) in [4.78, 5) is 37.5. The molecule has 1 unspecified atom stereocenters. The van der Waals surface area contributed by atoms with E-state index in [1.807, 2.05) is 6.92 Å². The Morgan fingerprint density at radius 3 is 2.03 bits per heavy atom. The molecule has 0 aromatic heterocycles. The predicted octanol–water partition coefficient (Wildman–Crippen LogP) is 2.68. The molecule has 0 saturated heterocycles. The minimum Gasteiger partial charge on any atom is -0.468 e. The average Bonchev–Trinajstić information content (AvgIpc) is 3.38. The molecular formula is C21H26O7S. The van der Waals surface area contributed by atoms with E-state index in [4.69, 9.17) is 14.2 Å². The highest BCUT2D eigenvalue weighted by Gasteiger charge is 2.67. The summed E-state index contributed by atoms with van der Waals surface area (Å²) in [5.74, 6) is -2.96. The maximum absolute atomic E-state index is 13.1. The van der Waals surface area contributed by atoms with Crippen LogP contribution < -0.4 is 0 Å². The van der Waals surface area contributed by atoms with Crippen molar-refractivity contribution < 1.29 is 32.8 Å². The van der Waals surface area contributed by atoms with E-state index in [0.717, 1.165) is 5.56 Å². The molecule has 0 bridgehead atoms. The van der Waals surface area contributed by atoms with Crippen LogP contribution >= 0.6 is 0 Å². The Morgan fingerprint density at radius 2 is 1.59 bits per heavy atom. The van der Waals surface area contributed by atoms with E-state index in [2.05, 4.69) is 0 Å². The van der Waals surface area contributed by atoms with Crippen molar-refractivity contribution in [2.24, 2.45) is 11.3 Å². The first-order chi connectivity index (χ1) is 13.5. The molecule has 0 aliphatic heterocycles. The highest BCUT2D eigenvalue weighted by molar-refractivity contribution is 7.90. The third-order valence-electron chi connectivity index (χ3n) is 4.50. The molecule has 0 spiro atoms. The van der Waals surface area contributed by atoms with Gasteiger partial charge in [-0.05, 0) is 46.2 Å². The Labute approximate surface area is 172 Å². The molecule has 29 heavy (non-hydrogen) atoms. The van der Waals surface area contributed by atoms with Crippen molar-refractivity contribution in [3.63, 3.8) is 0 Å². The SMILES string of the molecule is COC(=O)C1(C(=O)OC)C[C@H]1/C=C(/C(=O)OC(C)(C)C)S(=O)c1ccc(C)cc1. The summed E-state index contributed by atoms with van der Waals surface area (Å²) < 4.78 is 28.1. The van der Waals surface area contributed by atoms with Crippen LogP contribution in [0.5, 0.6) is 0 Å². The van der Waals surface area contributed by atoms with Gasteiger partial charge in [0.25, 0.3) is 0 Å². The number of carbonyl (C=O) groups is 3. The standard InChI is InChI=1S/C21H26O7S/c1-13-7-9-15(10-8-13)29(25)16(17(22)28-20(2,3)4)11-14-12-21(14,18(23)26-5)19(24)27-6/h7-11,14H,12H2,1-6H3/b16-11-/t14-,29?/m1/s1. The van der Waals surface area contributed by atoms with Crippen LogP contribution in [0.25, 0.3) is 0 Å². The number of benzene rings is 1. The maximum atomic E-state index is 13.1. The normalized spacial score (nSPS) is 19.1. The lowest BCUT2D eigenvalue weighted by atomic mass is 10.0. The zero-order valence-corrected chi connectivity index (χ0v) is 18.3. The van der Waals surface area contributed by atoms with Gasteiger partial charge in [0.05, 0.1) is 25.0 Å². The van der Waals surface area contributed by atoms with Crippen molar-refractivity contribution in [2.75, 3.05) is 14.2 Å². The van der Waals surface area contributed by atoms with Gasteiger partial charge in [0.15, 0.2) is 5.41 Å². The first-order valence-corrected chi connectivity index (χ1v) is 10.2. The Hall–Kier alpha value is -2.48. The molecule has 0 radical (unpaired) electrons. The van der Waals surface area contributed by atoms with Crippen LogP contribution in [-0.2, 0) is 39.4 Å². The van der Waals surface area contributed by atoms with Crippen LogP contribution in [0.3, 0.4) is 0 Å². The van der Waals surface area contributed by atoms with E-state index in [9.17, 15) is 18.6 Å². The zero-order chi connectivity index (χ0) is 22.0. The molecule has 158 valence electrons. The van der Waals surface area contributed by atoms with E-state index < -0.39 is 45.6 Å². The molecule has 0 amide bonds. The Bertz CT molecular complexity index is 846. The largest absolute Gasteiger partial charge is 0.468 e. The van der Waals surface area contributed by atoms with E-state index in [1.165, 1.54) is 20.3 Å². The number of allylic oxidation sites excluding steroid dienone is 1. The number of esters is 3. The molecule has 8 heteroatoms. The van der Waals surface area contributed by atoms with Crippen molar-refractivity contribution in [3.05, 3.63) is 40.8 Å². The first kappa shape index (κ1) is 22.8. The molecular weight excluding hydrogens is 396 g/mol. The summed E-state index contributed by atoms with van der Waals surface area (Å²) in [6.45, 7) is 6.98. The smallest absolute Gasteiger partial charge is 0.347 e. The van der Waals surface area contributed by atoms with Crippen molar-refractivity contribution in [3.8, 4) is 0 Å². The molecule has 2 rings (SSSR count). The van der Waals surface area contributed by atoms with Gasteiger partial charge in [-0.3, -0.25) is 9.59 Å². The molecule has 1 aliphatic carbocycles. The van der Waals surface area contributed by atoms with Gasteiger partial charge < -0.3 is 14.2 Å². The molecule has 2 atom stereocenters. The second-order valence-corrected chi connectivity index (χ2v) is 9.33. The van der Waals surface area contributed by atoms with E-state index in [-0.39, 0.29) is 11.3 Å². The molecule has 1 fully saturated rings. The minimum atomic E-state index is -1.86. The lowest BCUT2D eigenvalue weighted by Crippen LogP contribution is -2.30. The summed E-state index contributed by atoms with van der Waals surface area (Å²) >= 11 is 0. The van der Waals surface area contributed by atoms with E-state index in [1.54, 1.807) is 45.0 Å². The van der Waals surface area contributed by atoms with E-state index >= 15 is 0 Å². The Kier molecular flexibility index (Phi) is 6.67. The zero-order valence-electron chi connectivity index (χ0n) is 17.4. The minimum absolute atomic E-state index is 0.101. The molecule has 0 heterocycles. The Morgan fingerprint density at radius 1 is 1.07 bits per heavy atom. The fraction of sp³-hybridized carbons (Fsp3) is 0.476. The van der Waals surface area contributed by atoms with Gasteiger partial charge in [-0.25, -0.2) is 9.00 Å². The van der Waals surface area contributed by atoms with Crippen LogP contribution in [0.15, 0.2) is 40.1 Å². The second kappa shape index (κ2) is 8.49. The van der Waals surface area contributed by atoms with Crippen LogP contribution in [0.2, 0.25) is 0 Å². The highest BCUT2D eigenvalue weighted by Crippen LogP contribution is 2.56. The lowest BCUT2D eigenvalue weighted by molar-refractivity contribution is -0.162. The summed E-state index contributed by atoms with van der Waals surface area (Å²) in [6, 6.07) is 6.88. The number of rotatable bonds is 6. The molecule has 1 aliphatic rings. The molecule has 1 aromatic rings. The number of carbonyl (C=O) groups excluding carboxylic acids is 3.